The lowest BCUT2D eigenvalue weighted by molar-refractivity contribution is 0.368. The van der Waals surface area contributed by atoms with Crippen molar-refractivity contribution in [1.82, 2.24) is 10.3 Å². The highest BCUT2D eigenvalue weighted by molar-refractivity contribution is 5.08. The molecule has 1 fully saturated rings. The minimum Gasteiger partial charge on any atom is -0.367 e. The van der Waals surface area contributed by atoms with Gasteiger partial charge in [0.15, 0.2) is 0 Å². The maximum atomic E-state index is 3.72. The lowest BCUT2D eigenvalue weighted by atomic mass is 9.97. The molecule has 2 atom stereocenters. The van der Waals surface area contributed by atoms with Crippen LogP contribution >= 0.6 is 0 Å². The smallest absolute Gasteiger partial charge is 0.0223 e. The standard InChI is InChI=1S/C14H24N2/c1-2-3-5-13-6-4-7-14(13)16-11-12-8-9-15-10-12/h8-10,13-16H,2-7,11H2,1H3. The van der Waals surface area contributed by atoms with Crippen LogP contribution in [0, 0.1) is 5.92 Å². The van der Waals surface area contributed by atoms with Crippen LogP contribution in [-0.4, -0.2) is 11.0 Å². The molecule has 0 radical (unpaired) electrons. The van der Waals surface area contributed by atoms with Crippen LogP contribution in [0.2, 0.25) is 0 Å². The van der Waals surface area contributed by atoms with Crippen LogP contribution < -0.4 is 5.32 Å². The van der Waals surface area contributed by atoms with Crippen LogP contribution in [0.5, 0.6) is 0 Å². The molecule has 1 aromatic heterocycles. The number of rotatable bonds is 6. The van der Waals surface area contributed by atoms with Crippen LogP contribution in [0.4, 0.5) is 0 Å². The van der Waals surface area contributed by atoms with E-state index in [1.165, 1.54) is 44.1 Å². The van der Waals surface area contributed by atoms with E-state index in [-0.39, 0.29) is 0 Å². The second-order valence-electron chi connectivity index (χ2n) is 5.04. The number of H-pyrrole nitrogens is 1. The first-order valence-electron chi connectivity index (χ1n) is 6.75. The molecular formula is C14H24N2. The van der Waals surface area contributed by atoms with E-state index in [2.05, 4.69) is 29.5 Å². The number of aromatic amines is 1. The molecule has 1 aliphatic rings. The van der Waals surface area contributed by atoms with Gasteiger partial charge in [0, 0.05) is 25.0 Å². The van der Waals surface area contributed by atoms with Crippen LogP contribution in [0.15, 0.2) is 18.5 Å². The van der Waals surface area contributed by atoms with E-state index in [0.717, 1.165) is 18.5 Å². The van der Waals surface area contributed by atoms with Crippen molar-refractivity contribution >= 4 is 0 Å². The summed E-state index contributed by atoms with van der Waals surface area (Å²) in [4.78, 5) is 3.11. The monoisotopic (exact) mass is 220 g/mol. The Morgan fingerprint density at radius 1 is 1.44 bits per heavy atom. The van der Waals surface area contributed by atoms with E-state index in [1.807, 2.05) is 6.20 Å². The zero-order valence-electron chi connectivity index (χ0n) is 10.3. The number of hydrogen-bond acceptors (Lipinski definition) is 1. The third-order valence-electron chi connectivity index (χ3n) is 3.82. The summed E-state index contributed by atoms with van der Waals surface area (Å²) >= 11 is 0. The minimum atomic E-state index is 0.765. The van der Waals surface area contributed by atoms with Gasteiger partial charge in [-0.25, -0.2) is 0 Å². The molecule has 1 saturated carbocycles. The fraction of sp³-hybridized carbons (Fsp3) is 0.714. The quantitative estimate of drug-likeness (QED) is 0.755. The lowest BCUT2D eigenvalue weighted by Gasteiger charge is -2.20. The molecule has 16 heavy (non-hydrogen) atoms. The second-order valence-corrected chi connectivity index (χ2v) is 5.04. The molecule has 2 nitrogen and oxygen atoms in total. The molecule has 2 N–H and O–H groups in total. The predicted octanol–water partition coefficient (Wildman–Crippen LogP) is 3.46. The summed E-state index contributed by atoms with van der Waals surface area (Å²) in [6.07, 6.45) is 12.5. The molecule has 0 aromatic carbocycles. The van der Waals surface area contributed by atoms with E-state index >= 15 is 0 Å². The van der Waals surface area contributed by atoms with Crippen molar-refractivity contribution in [3.05, 3.63) is 24.0 Å². The van der Waals surface area contributed by atoms with Crippen LogP contribution in [0.1, 0.15) is 51.0 Å². The Labute approximate surface area is 98.8 Å². The molecular weight excluding hydrogens is 196 g/mol. The molecule has 1 aromatic rings. The number of nitrogens with one attached hydrogen (secondary N) is 2. The molecule has 2 unspecified atom stereocenters. The van der Waals surface area contributed by atoms with Crippen molar-refractivity contribution in [3.8, 4) is 0 Å². The molecule has 0 amide bonds. The third kappa shape index (κ3) is 3.11. The van der Waals surface area contributed by atoms with E-state index in [1.54, 1.807) is 0 Å². The Bertz CT molecular complexity index is 279. The molecule has 0 spiro atoms. The number of unbranched alkanes of at least 4 members (excludes halogenated alkanes) is 1. The van der Waals surface area contributed by atoms with Crippen molar-refractivity contribution in [3.63, 3.8) is 0 Å². The molecule has 2 heteroatoms. The first-order chi connectivity index (χ1) is 7.90. The van der Waals surface area contributed by atoms with Crippen molar-refractivity contribution in [2.75, 3.05) is 0 Å². The third-order valence-corrected chi connectivity index (χ3v) is 3.82. The Kier molecular flexibility index (Phi) is 4.46. The summed E-state index contributed by atoms with van der Waals surface area (Å²) in [5.41, 5.74) is 1.38. The first kappa shape index (κ1) is 11.7. The molecule has 2 rings (SSSR count). The summed E-state index contributed by atoms with van der Waals surface area (Å²) in [6, 6.07) is 2.92. The van der Waals surface area contributed by atoms with Crippen molar-refractivity contribution in [2.24, 2.45) is 5.92 Å². The Morgan fingerprint density at radius 3 is 3.12 bits per heavy atom. The van der Waals surface area contributed by atoms with Crippen molar-refractivity contribution in [2.45, 2.75) is 58.0 Å². The first-order valence-corrected chi connectivity index (χ1v) is 6.75. The highest BCUT2D eigenvalue weighted by Crippen LogP contribution is 2.30. The zero-order valence-corrected chi connectivity index (χ0v) is 10.3. The van der Waals surface area contributed by atoms with Gasteiger partial charge in [-0.05, 0) is 36.8 Å². The van der Waals surface area contributed by atoms with Gasteiger partial charge in [0.2, 0.25) is 0 Å². The van der Waals surface area contributed by atoms with E-state index in [0.29, 0.717) is 0 Å². The maximum absolute atomic E-state index is 3.72. The van der Waals surface area contributed by atoms with Crippen LogP contribution in [0.25, 0.3) is 0 Å². The summed E-state index contributed by atoms with van der Waals surface area (Å²) in [5, 5.41) is 3.72. The van der Waals surface area contributed by atoms with Gasteiger partial charge in [-0.1, -0.05) is 26.2 Å². The Balaban J connectivity index is 1.75. The number of hydrogen-bond donors (Lipinski definition) is 2. The minimum absolute atomic E-state index is 0.765. The van der Waals surface area contributed by atoms with E-state index in [4.69, 9.17) is 0 Å². The molecule has 1 aliphatic carbocycles. The van der Waals surface area contributed by atoms with Gasteiger partial charge in [-0.15, -0.1) is 0 Å². The summed E-state index contributed by atoms with van der Waals surface area (Å²) in [6.45, 7) is 3.31. The highest BCUT2D eigenvalue weighted by atomic mass is 14.9. The molecule has 0 aliphatic heterocycles. The molecule has 90 valence electrons. The summed E-state index contributed by atoms with van der Waals surface area (Å²) in [7, 11) is 0. The van der Waals surface area contributed by atoms with E-state index in [9.17, 15) is 0 Å². The van der Waals surface area contributed by atoms with E-state index < -0.39 is 0 Å². The molecule has 0 bridgehead atoms. The van der Waals surface area contributed by atoms with Gasteiger partial charge in [-0.2, -0.15) is 0 Å². The van der Waals surface area contributed by atoms with Gasteiger partial charge >= 0.3 is 0 Å². The highest BCUT2D eigenvalue weighted by Gasteiger charge is 2.25. The van der Waals surface area contributed by atoms with Gasteiger partial charge in [0.1, 0.15) is 0 Å². The van der Waals surface area contributed by atoms with Gasteiger partial charge in [0.25, 0.3) is 0 Å². The van der Waals surface area contributed by atoms with Gasteiger partial charge in [0.05, 0.1) is 0 Å². The molecule has 1 heterocycles. The second kappa shape index (κ2) is 6.09. The maximum Gasteiger partial charge on any atom is 0.0223 e. The largest absolute Gasteiger partial charge is 0.367 e. The topological polar surface area (TPSA) is 27.8 Å². The fourth-order valence-corrected chi connectivity index (χ4v) is 2.83. The average Bonchev–Trinajstić information content (AvgIpc) is 2.94. The summed E-state index contributed by atoms with van der Waals surface area (Å²) < 4.78 is 0. The SMILES string of the molecule is CCCCC1CCCC1NCc1cc[nH]c1. The van der Waals surface area contributed by atoms with Crippen molar-refractivity contribution < 1.29 is 0 Å². The van der Waals surface area contributed by atoms with Gasteiger partial charge in [-0.3, -0.25) is 0 Å². The normalized spacial score (nSPS) is 25.1. The molecule has 0 saturated heterocycles. The number of aromatic nitrogens is 1. The average molecular weight is 220 g/mol. The lowest BCUT2D eigenvalue weighted by Crippen LogP contribution is -2.31. The Hall–Kier alpha value is -0.760. The van der Waals surface area contributed by atoms with Crippen LogP contribution in [-0.2, 0) is 6.54 Å². The van der Waals surface area contributed by atoms with Crippen LogP contribution in [0.3, 0.4) is 0 Å². The summed E-state index contributed by atoms with van der Waals surface area (Å²) in [5.74, 6) is 0.930. The predicted molar refractivity (Wildman–Crippen MR) is 68.3 cm³/mol. The zero-order chi connectivity index (χ0) is 11.2. The Morgan fingerprint density at radius 2 is 2.38 bits per heavy atom. The van der Waals surface area contributed by atoms with Crippen molar-refractivity contribution in [1.29, 1.82) is 0 Å². The van der Waals surface area contributed by atoms with Gasteiger partial charge < -0.3 is 10.3 Å². The fourth-order valence-electron chi connectivity index (χ4n) is 2.83.